The van der Waals surface area contributed by atoms with Gasteiger partial charge in [0.05, 0.1) is 5.92 Å². The summed E-state index contributed by atoms with van der Waals surface area (Å²) in [6.45, 7) is 0. The number of nitriles is 1. The molecule has 6 nitrogen and oxygen atoms in total. The van der Waals surface area contributed by atoms with Gasteiger partial charge in [0, 0.05) is 11.6 Å². The van der Waals surface area contributed by atoms with Gasteiger partial charge in [-0.15, -0.1) is 0 Å². The molecule has 1 aliphatic rings. The average molecular weight is 338 g/mol. The molecule has 0 saturated carbocycles. The molecule has 2 aromatic carbocycles. The van der Waals surface area contributed by atoms with E-state index in [4.69, 9.17) is 22.8 Å². The molecule has 0 amide bonds. The summed E-state index contributed by atoms with van der Waals surface area (Å²) in [6, 6.07) is 16.6. The second-order valence-electron chi connectivity index (χ2n) is 5.12. The normalized spacial score (nSPS) is 15.8. The Morgan fingerprint density at radius 3 is 2.67 bits per heavy atom. The second kappa shape index (κ2) is 6.58. The minimum Gasteiger partial charge on any atom is -0.508 e. The van der Waals surface area contributed by atoms with Gasteiger partial charge in [-0.2, -0.15) is 5.26 Å². The molecular weight excluding hydrogens is 324 g/mol. The van der Waals surface area contributed by atoms with E-state index < -0.39 is 0 Å². The van der Waals surface area contributed by atoms with Gasteiger partial charge in [-0.05, 0) is 23.8 Å². The van der Waals surface area contributed by atoms with Crippen LogP contribution in [0, 0.1) is 11.3 Å². The highest BCUT2D eigenvalue weighted by Crippen LogP contribution is 2.43. The van der Waals surface area contributed by atoms with Crippen molar-refractivity contribution in [2.45, 2.75) is 5.92 Å². The van der Waals surface area contributed by atoms with Gasteiger partial charge in [0.25, 0.3) is 0 Å². The Morgan fingerprint density at radius 2 is 2.00 bits per heavy atom. The van der Waals surface area contributed by atoms with E-state index in [1.54, 1.807) is 12.1 Å². The van der Waals surface area contributed by atoms with Crippen LogP contribution in [0.25, 0.3) is 0 Å². The highest BCUT2D eigenvalue weighted by Gasteiger charge is 2.32. The number of hydrogen-bond acceptors (Lipinski definition) is 5. The van der Waals surface area contributed by atoms with E-state index in [9.17, 15) is 10.4 Å². The first-order chi connectivity index (χ1) is 11.6. The minimum absolute atomic E-state index is 0.0693. The summed E-state index contributed by atoms with van der Waals surface area (Å²) >= 11 is 5.00. The number of ether oxygens (including phenoxy) is 1. The van der Waals surface area contributed by atoms with Crippen LogP contribution in [0.5, 0.6) is 11.5 Å². The predicted molar refractivity (Wildman–Crippen MR) is 92.7 cm³/mol. The number of nitrogens with two attached hydrogens (primary N) is 1. The number of nitrogens with one attached hydrogen (secondary N) is 2. The standard InChI is InChI=1S/C17H14N4O2S/c18-9-13-15(10-4-2-1-3-5-10)12-7-6-11(22)8-14(12)23-16(13)20-17(24)21-19/h1-8,15,22H,19H2,(H2,20,21,24). The predicted octanol–water partition coefficient (Wildman–Crippen LogP) is 1.99. The van der Waals surface area contributed by atoms with Gasteiger partial charge in [-0.25, -0.2) is 5.84 Å². The van der Waals surface area contributed by atoms with Crippen LogP contribution in [0.4, 0.5) is 0 Å². The molecule has 1 aliphatic heterocycles. The van der Waals surface area contributed by atoms with Crippen molar-refractivity contribution in [2.75, 3.05) is 0 Å². The molecule has 5 N–H and O–H groups in total. The number of hydrazine groups is 1. The zero-order chi connectivity index (χ0) is 17.1. The Morgan fingerprint density at radius 1 is 1.25 bits per heavy atom. The van der Waals surface area contributed by atoms with Crippen LogP contribution in [-0.4, -0.2) is 10.2 Å². The summed E-state index contributed by atoms with van der Waals surface area (Å²) in [6.07, 6.45) is 0. The average Bonchev–Trinajstić information content (AvgIpc) is 2.61. The molecule has 0 radical (unpaired) electrons. The number of phenols is 1. The summed E-state index contributed by atoms with van der Waals surface area (Å²) in [5.74, 6) is 5.65. The van der Waals surface area contributed by atoms with Crippen molar-refractivity contribution in [3.05, 3.63) is 71.1 Å². The maximum atomic E-state index is 9.74. The molecule has 24 heavy (non-hydrogen) atoms. The Kier molecular flexibility index (Phi) is 4.33. The first-order valence-electron chi connectivity index (χ1n) is 7.11. The number of thiocarbonyl (C=S) groups is 1. The molecular formula is C17H14N4O2S. The number of allylic oxidation sites excluding steroid dienone is 1. The minimum atomic E-state index is -0.344. The molecule has 0 spiro atoms. The maximum Gasteiger partial charge on any atom is 0.214 e. The number of benzene rings is 2. The molecule has 2 aromatic rings. The Balaban J connectivity index is 2.18. The van der Waals surface area contributed by atoms with E-state index in [1.807, 2.05) is 30.3 Å². The molecule has 0 saturated heterocycles. The lowest BCUT2D eigenvalue weighted by Gasteiger charge is -2.28. The number of fused-ring (bicyclic) bond motifs is 1. The van der Waals surface area contributed by atoms with Crippen molar-refractivity contribution in [1.29, 1.82) is 5.26 Å². The van der Waals surface area contributed by atoms with Gasteiger partial charge in [-0.3, -0.25) is 0 Å². The van der Waals surface area contributed by atoms with Crippen LogP contribution in [0.1, 0.15) is 17.0 Å². The molecule has 0 bridgehead atoms. The van der Waals surface area contributed by atoms with Crippen LogP contribution in [0.15, 0.2) is 60.0 Å². The molecule has 1 atom stereocenters. The number of phenolic OH excluding ortho intramolecular Hbond substituents is 1. The van der Waals surface area contributed by atoms with Crippen LogP contribution in [0.3, 0.4) is 0 Å². The first kappa shape index (κ1) is 15.8. The summed E-state index contributed by atoms with van der Waals surface area (Å²) < 4.78 is 5.74. The molecule has 120 valence electrons. The fourth-order valence-corrected chi connectivity index (χ4v) is 2.73. The number of nitrogens with zero attached hydrogens (tertiary/aromatic N) is 1. The second-order valence-corrected chi connectivity index (χ2v) is 5.53. The fourth-order valence-electron chi connectivity index (χ4n) is 2.64. The lowest BCUT2D eigenvalue weighted by molar-refractivity contribution is 0.373. The van der Waals surface area contributed by atoms with Crippen LogP contribution >= 0.6 is 12.2 Å². The van der Waals surface area contributed by atoms with E-state index in [0.29, 0.717) is 11.3 Å². The van der Waals surface area contributed by atoms with E-state index in [-0.39, 0.29) is 22.7 Å². The van der Waals surface area contributed by atoms with Crippen molar-refractivity contribution in [1.82, 2.24) is 10.7 Å². The summed E-state index contributed by atoms with van der Waals surface area (Å²) in [4.78, 5) is 0. The van der Waals surface area contributed by atoms with Crippen molar-refractivity contribution < 1.29 is 9.84 Å². The van der Waals surface area contributed by atoms with E-state index >= 15 is 0 Å². The van der Waals surface area contributed by atoms with Crippen molar-refractivity contribution in [3.63, 3.8) is 0 Å². The Bertz CT molecular complexity index is 859. The third-order valence-electron chi connectivity index (χ3n) is 3.66. The van der Waals surface area contributed by atoms with E-state index in [1.165, 1.54) is 6.07 Å². The van der Waals surface area contributed by atoms with Gasteiger partial charge in [-0.1, -0.05) is 36.4 Å². The topological polar surface area (TPSA) is 103 Å². The largest absolute Gasteiger partial charge is 0.508 e. The first-order valence-corrected chi connectivity index (χ1v) is 7.52. The quantitative estimate of drug-likeness (QED) is 0.377. The van der Waals surface area contributed by atoms with Crippen LogP contribution < -0.4 is 21.3 Å². The molecule has 7 heteroatoms. The number of aromatic hydroxyl groups is 1. The lowest BCUT2D eigenvalue weighted by Crippen LogP contribution is -2.41. The molecule has 0 fully saturated rings. The molecule has 1 heterocycles. The molecule has 0 aliphatic carbocycles. The van der Waals surface area contributed by atoms with Gasteiger partial charge in [0.1, 0.15) is 23.1 Å². The highest BCUT2D eigenvalue weighted by molar-refractivity contribution is 7.80. The van der Waals surface area contributed by atoms with Crippen molar-refractivity contribution >= 4 is 17.3 Å². The molecule has 3 rings (SSSR count). The van der Waals surface area contributed by atoms with Crippen molar-refractivity contribution in [2.24, 2.45) is 5.84 Å². The Hall–Kier alpha value is -3.08. The third kappa shape index (κ3) is 2.88. The van der Waals surface area contributed by atoms with Gasteiger partial charge >= 0.3 is 0 Å². The third-order valence-corrected chi connectivity index (χ3v) is 3.88. The van der Waals surface area contributed by atoms with Crippen LogP contribution in [-0.2, 0) is 0 Å². The van der Waals surface area contributed by atoms with Gasteiger partial charge in [0.15, 0.2) is 5.11 Å². The monoisotopic (exact) mass is 338 g/mol. The molecule has 0 aromatic heterocycles. The summed E-state index contributed by atoms with van der Waals surface area (Å²) in [5.41, 5.74) is 4.38. The fraction of sp³-hybridized carbons (Fsp3) is 0.0588. The summed E-state index contributed by atoms with van der Waals surface area (Å²) in [7, 11) is 0. The zero-order valence-corrected chi connectivity index (χ0v) is 13.3. The zero-order valence-electron chi connectivity index (χ0n) is 12.5. The van der Waals surface area contributed by atoms with E-state index in [0.717, 1.165) is 11.1 Å². The summed E-state index contributed by atoms with van der Waals surface area (Å²) in [5, 5.41) is 22.3. The maximum absolute atomic E-state index is 9.74. The smallest absolute Gasteiger partial charge is 0.214 e. The highest BCUT2D eigenvalue weighted by atomic mass is 32.1. The lowest BCUT2D eigenvalue weighted by atomic mass is 9.83. The van der Waals surface area contributed by atoms with Gasteiger partial charge < -0.3 is 20.6 Å². The molecule has 1 unspecified atom stereocenters. The SMILES string of the molecule is N#CC1=C(NC(=S)NN)Oc2cc(O)ccc2C1c1ccccc1. The van der Waals surface area contributed by atoms with E-state index in [2.05, 4.69) is 16.8 Å². The number of hydrogen-bond donors (Lipinski definition) is 4. The Labute approximate surface area is 144 Å². The van der Waals surface area contributed by atoms with Crippen LogP contribution in [0.2, 0.25) is 0 Å². The van der Waals surface area contributed by atoms with Gasteiger partial charge in [0.2, 0.25) is 5.88 Å². The van der Waals surface area contributed by atoms with Crippen molar-refractivity contribution in [3.8, 4) is 17.6 Å². The number of rotatable bonds is 2.